The number of likely N-dealkylation sites (N-methyl/N-ethyl adjacent to an activating group) is 1. The van der Waals surface area contributed by atoms with Crippen LogP contribution in [0.15, 0.2) is 23.1 Å². The molecule has 0 radical (unpaired) electrons. The Hall–Kier alpha value is -1.44. The smallest absolute Gasteiger partial charge is 0.243 e. The third-order valence-corrected chi connectivity index (χ3v) is 7.14. The molecule has 1 saturated heterocycles. The number of benzene rings is 1. The van der Waals surface area contributed by atoms with Gasteiger partial charge in [-0.1, -0.05) is 6.07 Å². The fraction of sp³-hybridized carbons (Fsp3) is 0.632. The van der Waals surface area contributed by atoms with Crippen molar-refractivity contribution in [2.75, 3.05) is 39.3 Å². The van der Waals surface area contributed by atoms with Crippen molar-refractivity contribution in [1.82, 2.24) is 14.5 Å². The van der Waals surface area contributed by atoms with E-state index in [1.165, 1.54) is 17.5 Å². The molecule has 0 saturated carbocycles. The molecule has 7 heteroatoms. The highest BCUT2D eigenvalue weighted by Gasteiger charge is 2.28. The van der Waals surface area contributed by atoms with Gasteiger partial charge in [0.2, 0.25) is 15.9 Å². The van der Waals surface area contributed by atoms with Gasteiger partial charge in [0.1, 0.15) is 0 Å². The van der Waals surface area contributed by atoms with Crippen molar-refractivity contribution in [2.24, 2.45) is 0 Å². The van der Waals surface area contributed by atoms with Crippen molar-refractivity contribution in [3.8, 4) is 0 Å². The summed E-state index contributed by atoms with van der Waals surface area (Å²) >= 11 is 0. The summed E-state index contributed by atoms with van der Waals surface area (Å²) < 4.78 is 27.7. The van der Waals surface area contributed by atoms with Crippen LogP contribution in [-0.4, -0.2) is 62.8 Å². The van der Waals surface area contributed by atoms with Gasteiger partial charge in [-0.05, 0) is 68.8 Å². The minimum atomic E-state index is -3.47. The van der Waals surface area contributed by atoms with E-state index in [-0.39, 0.29) is 5.91 Å². The summed E-state index contributed by atoms with van der Waals surface area (Å²) in [5, 5.41) is 2.80. The van der Waals surface area contributed by atoms with Crippen molar-refractivity contribution >= 4 is 15.9 Å². The first-order valence-electron chi connectivity index (χ1n) is 9.61. The molecular formula is C19H29N3O3S. The number of rotatable bonds is 5. The Kier molecular flexibility index (Phi) is 6.32. The summed E-state index contributed by atoms with van der Waals surface area (Å²) in [7, 11) is -3.47. The van der Waals surface area contributed by atoms with E-state index in [9.17, 15) is 13.2 Å². The van der Waals surface area contributed by atoms with Crippen LogP contribution >= 0.6 is 0 Å². The molecule has 0 aromatic heterocycles. The van der Waals surface area contributed by atoms with Gasteiger partial charge in [0.05, 0.1) is 11.4 Å². The van der Waals surface area contributed by atoms with Crippen LogP contribution in [0.1, 0.15) is 37.3 Å². The predicted octanol–water partition coefficient (Wildman–Crippen LogP) is 1.40. The van der Waals surface area contributed by atoms with Crippen LogP contribution in [0, 0.1) is 0 Å². The third-order valence-electron chi connectivity index (χ3n) is 5.25. The lowest BCUT2D eigenvalue weighted by atomic mass is 9.92. The van der Waals surface area contributed by atoms with E-state index in [1.807, 2.05) is 24.0 Å². The average molecular weight is 380 g/mol. The fourth-order valence-corrected chi connectivity index (χ4v) is 5.34. The number of fused-ring (bicyclic) bond motifs is 1. The number of carbonyl (C=O) groups is 1. The maximum Gasteiger partial charge on any atom is 0.243 e. The van der Waals surface area contributed by atoms with Crippen molar-refractivity contribution in [2.45, 2.75) is 43.9 Å². The monoisotopic (exact) mass is 379 g/mol. The number of aryl methyl sites for hydroxylation is 2. The maximum absolute atomic E-state index is 13.1. The Bertz CT molecular complexity index is 748. The van der Waals surface area contributed by atoms with Crippen molar-refractivity contribution < 1.29 is 13.2 Å². The summed E-state index contributed by atoms with van der Waals surface area (Å²) in [5.74, 6) is -0.00139. The molecule has 26 heavy (non-hydrogen) atoms. The van der Waals surface area contributed by atoms with Gasteiger partial charge >= 0.3 is 0 Å². The quantitative estimate of drug-likeness (QED) is 0.840. The molecule has 1 aliphatic carbocycles. The summed E-state index contributed by atoms with van der Waals surface area (Å²) in [6.07, 6.45) is 5.08. The maximum atomic E-state index is 13.1. The highest BCUT2D eigenvalue weighted by molar-refractivity contribution is 7.89. The van der Waals surface area contributed by atoms with Crippen LogP contribution in [0.3, 0.4) is 0 Å². The average Bonchev–Trinajstić information content (AvgIpc) is 2.87. The second-order valence-corrected chi connectivity index (χ2v) is 9.06. The zero-order valence-corrected chi connectivity index (χ0v) is 16.4. The van der Waals surface area contributed by atoms with E-state index in [1.54, 1.807) is 10.4 Å². The van der Waals surface area contributed by atoms with Crippen LogP contribution in [0.4, 0.5) is 0 Å². The first-order valence-corrected chi connectivity index (χ1v) is 11.1. The van der Waals surface area contributed by atoms with Gasteiger partial charge in [-0.2, -0.15) is 4.31 Å². The summed E-state index contributed by atoms with van der Waals surface area (Å²) in [6.45, 7) is 5.11. The molecule has 1 aromatic carbocycles. The Labute approximate surface area is 156 Å². The van der Waals surface area contributed by atoms with Crippen LogP contribution in [0.5, 0.6) is 0 Å². The molecular weight excluding hydrogens is 350 g/mol. The molecule has 1 aromatic rings. The minimum absolute atomic E-state index is 0.00139. The number of nitrogens with one attached hydrogen (secondary N) is 1. The van der Waals surface area contributed by atoms with Crippen LogP contribution in [0.25, 0.3) is 0 Å². The molecule has 1 heterocycles. The number of hydrogen-bond donors (Lipinski definition) is 1. The van der Waals surface area contributed by atoms with Gasteiger partial charge in [-0.3, -0.25) is 9.69 Å². The topological polar surface area (TPSA) is 69.7 Å². The van der Waals surface area contributed by atoms with Gasteiger partial charge in [-0.25, -0.2) is 8.42 Å². The number of amides is 1. The van der Waals surface area contributed by atoms with Gasteiger partial charge in [0.25, 0.3) is 0 Å². The predicted molar refractivity (Wildman–Crippen MR) is 102 cm³/mol. The largest absolute Gasteiger partial charge is 0.355 e. The van der Waals surface area contributed by atoms with E-state index in [2.05, 4.69) is 5.32 Å². The molecule has 2 aliphatic rings. The van der Waals surface area contributed by atoms with Crippen LogP contribution in [-0.2, 0) is 27.7 Å². The number of sulfonamides is 1. The molecule has 0 unspecified atom stereocenters. The molecule has 1 aliphatic heterocycles. The third kappa shape index (κ3) is 4.45. The van der Waals surface area contributed by atoms with Crippen LogP contribution < -0.4 is 5.32 Å². The normalized spacial score (nSPS) is 19.6. The van der Waals surface area contributed by atoms with E-state index in [0.29, 0.717) is 37.6 Å². The van der Waals surface area contributed by atoms with Crippen molar-refractivity contribution in [1.29, 1.82) is 0 Å². The zero-order chi connectivity index (χ0) is 18.6. The zero-order valence-electron chi connectivity index (χ0n) is 15.5. The summed E-state index contributed by atoms with van der Waals surface area (Å²) in [6, 6.07) is 5.62. The fourth-order valence-electron chi connectivity index (χ4n) is 3.82. The number of nitrogens with zero attached hydrogens (tertiary/aromatic N) is 2. The Morgan fingerprint density at radius 3 is 2.58 bits per heavy atom. The molecule has 6 nitrogen and oxygen atoms in total. The molecule has 144 valence electrons. The highest BCUT2D eigenvalue weighted by atomic mass is 32.2. The standard InChI is InChI=1S/C19H29N3O3S/c1-2-20-19(23)15-21-10-5-11-22(13-12-21)26(24,25)18-9-8-16-6-3-4-7-17(16)14-18/h8-9,14H,2-7,10-13,15H2,1H3,(H,20,23). The Morgan fingerprint density at radius 2 is 1.81 bits per heavy atom. The lowest BCUT2D eigenvalue weighted by Crippen LogP contribution is -2.40. The molecule has 1 N–H and O–H groups in total. The molecule has 1 fully saturated rings. The van der Waals surface area contributed by atoms with E-state index in [0.717, 1.165) is 32.2 Å². The van der Waals surface area contributed by atoms with E-state index < -0.39 is 10.0 Å². The lowest BCUT2D eigenvalue weighted by molar-refractivity contribution is -0.122. The molecule has 3 rings (SSSR count). The summed E-state index contributed by atoms with van der Waals surface area (Å²) in [5.41, 5.74) is 2.48. The number of hydrogen-bond acceptors (Lipinski definition) is 4. The minimum Gasteiger partial charge on any atom is -0.355 e. The van der Waals surface area contributed by atoms with E-state index >= 15 is 0 Å². The van der Waals surface area contributed by atoms with Crippen LogP contribution in [0.2, 0.25) is 0 Å². The highest BCUT2D eigenvalue weighted by Crippen LogP contribution is 2.26. The number of carbonyl (C=O) groups excluding carboxylic acids is 1. The first-order chi connectivity index (χ1) is 12.5. The van der Waals surface area contributed by atoms with Gasteiger partial charge in [-0.15, -0.1) is 0 Å². The van der Waals surface area contributed by atoms with Crippen molar-refractivity contribution in [3.05, 3.63) is 29.3 Å². The molecule has 1 amide bonds. The van der Waals surface area contributed by atoms with E-state index in [4.69, 9.17) is 0 Å². The van der Waals surface area contributed by atoms with Crippen molar-refractivity contribution in [3.63, 3.8) is 0 Å². The molecule has 0 atom stereocenters. The summed E-state index contributed by atoms with van der Waals surface area (Å²) in [4.78, 5) is 14.2. The Morgan fingerprint density at radius 1 is 1.04 bits per heavy atom. The SMILES string of the molecule is CCNC(=O)CN1CCCN(S(=O)(=O)c2ccc3c(c2)CCCC3)CC1. The van der Waals surface area contributed by atoms with Gasteiger partial charge < -0.3 is 5.32 Å². The molecule has 0 spiro atoms. The Balaban J connectivity index is 1.69. The second-order valence-electron chi connectivity index (χ2n) is 7.12. The first kappa shape index (κ1) is 19.3. The molecule has 0 bridgehead atoms. The second kappa shape index (κ2) is 8.50. The lowest BCUT2D eigenvalue weighted by Gasteiger charge is -2.23. The van der Waals surface area contributed by atoms with Gasteiger partial charge in [0, 0.05) is 26.2 Å². The van der Waals surface area contributed by atoms with Gasteiger partial charge in [0.15, 0.2) is 0 Å².